The molecule has 9 heteroatoms. The molecule has 0 aliphatic carbocycles. The second kappa shape index (κ2) is 5.47. The first-order valence-electron chi connectivity index (χ1n) is 5.37. The minimum atomic E-state index is -4.72. The van der Waals surface area contributed by atoms with Crippen molar-refractivity contribution in [3.05, 3.63) is 47.2 Å². The van der Waals surface area contributed by atoms with Gasteiger partial charge in [-0.1, -0.05) is 29.8 Å². The van der Waals surface area contributed by atoms with Gasteiger partial charge in [-0.3, -0.25) is 4.98 Å². The van der Waals surface area contributed by atoms with Gasteiger partial charge in [-0.15, -0.1) is 0 Å². The van der Waals surface area contributed by atoms with Crippen molar-refractivity contribution in [1.82, 2.24) is 4.98 Å². The SMILES string of the molecule is O=S(=O)(Cl)c1cnc(C(F)(F)F)cc1-c1ccccc1Cl. The van der Waals surface area contributed by atoms with Crippen molar-refractivity contribution in [2.24, 2.45) is 0 Å². The van der Waals surface area contributed by atoms with Crippen LogP contribution in [0.3, 0.4) is 0 Å². The summed E-state index contributed by atoms with van der Waals surface area (Å²) in [6, 6.07) is 6.50. The minimum absolute atomic E-state index is 0.0957. The van der Waals surface area contributed by atoms with Crippen LogP contribution in [0.25, 0.3) is 11.1 Å². The van der Waals surface area contributed by atoms with Crippen LogP contribution in [0.1, 0.15) is 5.69 Å². The van der Waals surface area contributed by atoms with E-state index in [9.17, 15) is 21.6 Å². The van der Waals surface area contributed by atoms with Crippen molar-refractivity contribution in [3.8, 4) is 11.1 Å². The summed E-state index contributed by atoms with van der Waals surface area (Å²) in [5.74, 6) is 0. The first-order valence-corrected chi connectivity index (χ1v) is 8.06. The molecule has 0 radical (unpaired) electrons. The van der Waals surface area contributed by atoms with Gasteiger partial charge in [-0.05, 0) is 12.1 Å². The lowest BCUT2D eigenvalue weighted by atomic mass is 10.1. The average Bonchev–Trinajstić information content (AvgIpc) is 2.36. The Morgan fingerprint density at radius 1 is 1.10 bits per heavy atom. The van der Waals surface area contributed by atoms with E-state index in [1.165, 1.54) is 18.2 Å². The van der Waals surface area contributed by atoms with Crippen LogP contribution in [0.5, 0.6) is 0 Å². The molecule has 0 atom stereocenters. The third kappa shape index (κ3) is 3.48. The van der Waals surface area contributed by atoms with E-state index in [1.807, 2.05) is 0 Å². The van der Waals surface area contributed by atoms with Gasteiger partial charge in [0.05, 0.1) is 0 Å². The minimum Gasteiger partial charge on any atom is -0.250 e. The number of rotatable bonds is 2. The largest absolute Gasteiger partial charge is 0.433 e. The summed E-state index contributed by atoms with van der Waals surface area (Å²) in [7, 11) is 0.964. The molecule has 0 N–H and O–H groups in total. The lowest BCUT2D eigenvalue weighted by molar-refractivity contribution is -0.141. The molecule has 2 aromatic rings. The molecule has 1 aromatic heterocycles. The summed E-state index contributed by atoms with van der Waals surface area (Å²) in [4.78, 5) is 2.56. The third-order valence-corrected chi connectivity index (χ3v) is 4.26. The molecule has 0 bridgehead atoms. The van der Waals surface area contributed by atoms with Crippen LogP contribution in [-0.4, -0.2) is 13.4 Å². The van der Waals surface area contributed by atoms with Crippen LogP contribution in [-0.2, 0) is 15.2 Å². The fraction of sp³-hybridized carbons (Fsp3) is 0.0833. The highest BCUT2D eigenvalue weighted by Gasteiger charge is 2.34. The number of pyridine rings is 1. The molecule has 0 aliphatic rings. The van der Waals surface area contributed by atoms with E-state index < -0.39 is 25.8 Å². The number of halogens is 5. The maximum absolute atomic E-state index is 12.7. The predicted molar refractivity (Wildman–Crippen MR) is 72.7 cm³/mol. The molecule has 1 aromatic carbocycles. The van der Waals surface area contributed by atoms with E-state index in [0.717, 1.165) is 0 Å². The van der Waals surface area contributed by atoms with Gasteiger partial charge in [0.25, 0.3) is 9.05 Å². The maximum Gasteiger partial charge on any atom is 0.433 e. The van der Waals surface area contributed by atoms with E-state index in [0.29, 0.717) is 12.3 Å². The smallest absolute Gasteiger partial charge is 0.250 e. The second-order valence-electron chi connectivity index (χ2n) is 3.98. The molecule has 2 rings (SSSR count). The molecule has 0 amide bonds. The number of hydrogen-bond acceptors (Lipinski definition) is 3. The van der Waals surface area contributed by atoms with E-state index in [2.05, 4.69) is 4.98 Å². The standard InChI is InChI=1S/C12H6Cl2F3NO2S/c13-9-4-2-1-3-7(9)8-5-11(12(15,16)17)18-6-10(8)21(14,19)20/h1-6H. The molecule has 0 aliphatic heterocycles. The van der Waals surface area contributed by atoms with Crippen molar-refractivity contribution >= 4 is 31.3 Å². The molecule has 1 heterocycles. The maximum atomic E-state index is 12.7. The van der Waals surface area contributed by atoms with Crippen LogP contribution in [0, 0.1) is 0 Å². The highest BCUT2D eigenvalue weighted by molar-refractivity contribution is 8.13. The van der Waals surface area contributed by atoms with Crippen LogP contribution in [0.4, 0.5) is 13.2 Å². The van der Waals surface area contributed by atoms with Crippen molar-refractivity contribution in [1.29, 1.82) is 0 Å². The Labute approximate surface area is 127 Å². The van der Waals surface area contributed by atoms with Gasteiger partial charge in [0.2, 0.25) is 0 Å². The first kappa shape index (κ1) is 16.1. The molecule has 0 unspecified atom stereocenters. The van der Waals surface area contributed by atoms with Crippen molar-refractivity contribution in [2.75, 3.05) is 0 Å². The normalized spacial score (nSPS) is 12.4. The Hall–Kier alpha value is -1.31. The van der Waals surface area contributed by atoms with Gasteiger partial charge < -0.3 is 0 Å². The molecule has 3 nitrogen and oxygen atoms in total. The Morgan fingerprint density at radius 3 is 2.24 bits per heavy atom. The molecular weight excluding hydrogens is 350 g/mol. The predicted octanol–water partition coefficient (Wildman–Crippen LogP) is 4.35. The summed E-state index contributed by atoms with van der Waals surface area (Å²) in [5.41, 5.74) is -1.37. The monoisotopic (exact) mass is 355 g/mol. The first-order chi connectivity index (χ1) is 9.60. The van der Waals surface area contributed by atoms with Crippen molar-refractivity contribution < 1.29 is 21.6 Å². The Kier molecular flexibility index (Phi) is 4.19. The highest BCUT2D eigenvalue weighted by atomic mass is 35.7. The topological polar surface area (TPSA) is 47.0 Å². The number of alkyl halides is 3. The highest BCUT2D eigenvalue weighted by Crippen LogP contribution is 2.37. The van der Waals surface area contributed by atoms with Crippen LogP contribution < -0.4 is 0 Å². The van der Waals surface area contributed by atoms with Crippen LogP contribution in [0.2, 0.25) is 5.02 Å². The Balaban J connectivity index is 2.80. The Morgan fingerprint density at radius 2 is 1.71 bits per heavy atom. The van der Waals surface area contributed by atoms with E-state index >= 15 is 0 Å². The van der Waals surface area contributed by atoms with E-state index in [-0.39, 0.29) is 16.1 Å². The number of hydrogen-bond donors (Lipinski definition) is 0. The van der Waals surface area contributed by atoms with Gasteiger partial charge in [0.1, 0.15) is 10.6 Å². The summed E-state index contributed by atoms with van der Waals surface area (Å²) in [6.07, 6.45) is -4.14. The molecule has 0 spiro atoms. The summed E-state index contributed by atoms with van der Waals surface area (Å²) in [6.45, 7) is 0. The van der Waals surface area contributed by atoms with Gasteiger partial charge in [0, 0.05) is 33.0 Å². The molecular formula is C12H6Cl2F3NO2S. The molecule has 0 saturated heterocycles. The fourth-order valence-electron chi connectivity index (χ4n) is 1.68. The summed E-state index contributed by atoms with van der Waals surface area (Å²) < 4.78 is 61.2. The summed E-state index contributed by atoms with van der Waals surface area (Å²) in [5, 5.41) is 0.0957. The number of aromatic nitrogens is 1. The lowest BCUT2D eigenvalue weighted by Gasteiger charge is -2.12. The third-order valence-electron chi connectivity index (χ3n) is 2.58. The molecule has 0 fully saturated rings. The molecule has 0 saturated carbocycles. The van der Waals surface area contributed by atoms with Gasteiger partial charge in [-0.25, -0.2) is 8.42 Å². The van der Waals surface area contributed by atoms with Gasteiger partial charge in [0.15, 0.2) is 0 Å². The molecule has 112 valence electrons. The van der Waals surface area contributed by atoms with E-state index in [1.54, 1.807) is 6.07 Å². The van der Waals surface area contributed by atoms with Crippen molar-refractivity contribution in [3.63, 3.8) is 0 Å². The van der Waals surface area contributed by atoms with Gasteiger partial charge in [-0.2, -0.15) is 13.2 Å². The van der Waals surface area contributed by atoms with Crippen LogP contribution >= 0.6 is 22.3 Å². The lowest BCUT2D eigenvalue weighted by Crippen LogP contribution is -2.09. The van der Waals surface area contributed by atoms with E-state index in [4.69, 9.17) is 22.3 Å². The molecule has 21 heavy (non-hydrogen) atoms. The average molecular weight is 356 g/mol. The zero-order chi connectivity index (χ0) is 15.8. The zero-order valence-electron chi connectivity index (χ0n) is 10.0. The fourth-order valence-corrected chi connectivity index (χ4v) is 2.90. The Bertz CT molecular complexity index is 791. The zero-order valence-corrected chi connectivity index (χ0v) is 12.4. The van der Waals surface area contributed by atoms with Crippen LogP contribution in [0.15, 0.2) is 41.4 Å². The van der Waals surface area contributed by atoms with Crippen molar-refractivity contribution in [2.45, 2.75) is 11.1 Å². The quantitative estimate of drug-likeness (QED) is 0.752. The summed E-state index contributed by atoms with van der Waals surface area (Å²) >= 11 is 5.91. The second-order valence-corrected chi connectivity index (χ2v) is 6.92. The number of nitrogens with zero attached hydrogens (tertiary/aromatic N) is 1. The van der Waals surface area contributed by atoms with Gasteiger partial charge >= 0.3 is 6.18 Å². The number of benzene rings is 1.